The Morgan fingerprint density at radius 2 is 1.75 bits per heavy atom. The van der Waals surface area contributed by atoms with Crippen molar-refractivity contribution in [3.05, 3.63) is 77.9 Å². The van der Waals surface area contributed by atoms with Gasteiger partial charge in [-0.15, -0.1) is 0 Å². The van der Waals surface area contributed by atoms with E-state index >= 15 is 0 Å². The molecular formula is C19H20O. The van der Waals surface area contributed by atoms with Gasteiger partial charge >= 0.3 is 0 Å². The highest BCUT2D eigenvalue weighted by molar-refractivity contribution is 5.32. The van der Waals surface area contributed by atoms with Gasteiger partial charge in [0.1, 0.15) is 12.4 Å². The van der Waals surface area contributed by atoms with E-state index in [0.717, 1.165) is 5.75 Å². The van der Waals surface area contributed by atoms with E-state index in [9.17, 15) is 0 Å². The molecule has 1 nitrogen and oxygen atoms in total. The lowest BCUT2D eigenvalue weighted by atomic mass is 9.89. The predicted octanol–water partition coefficient (Wildman–Crippen LogP) is 5.09. The van der Waals surface area contributed by atoms with Crippen molar-refractivity contribution in [1.29, 1.82) is 0 Å². The standard InChI is InChI=1S/C19H20O/c1-3-7-16(8-4-1)15-20-19-13-11-18(12-14-19)17-9-5-2-6-10-17/h1,3-5,7-9,11-14,17H,2,6,10,15H2/t17-/m1/s1. The molecule has 0 bridgehead atoms. The lowest BCUT2D eigenvalue weighted by Gasteiger charge is -2.17. The molecule has 1 atom stereocenters. The summed E-state index contributed by atoms with van der Waals surface area (Å²) in [5.74, 6) is 1.53. The second-order valence-electron chi connectivity index (χ2n) is 5.31. The third-order valence-electron chi connectivity index (χ3n) is 3.81. The second kappa shape index (κ2) is 6.42. The Kier molecular flexibility index (Phi) is 4.17. The van der Waals surface area contributed by atoms with E-state index in [4.69, 9.17) is 4.74 Å². The zero-order valence-electron chi connectivity index (χ0n) is 11.7. The monoisotopic (exact) mass is 264 g/mol. The topological polar surface area (TPSA) is 9.23 Å². The molecule has 1 aliphatic carbocycles. The van der Waals surface area contributed by atoms with E-state index in [1.54, 1.807) is 0 Å². The van der Waals surface area contributed by atoms with Crippen LogP contribution in [-0.4, -0.2) is 0 Å². The van der Waals surface area contributed by atoms with Gasteiger partial charge in [0.05, 0.1) is 0 Å². The first-order valence-electron chi connectivity index (χ1n) is 7.35. The summed E-state index contributed by atoms with van der Waals surface area (Å²) in [6, 6.07) is 18.8. The van der Waals surface area contributed by atoms with Crippen LogP contribution in [0, 0.1) is 0 Å². The van der Waals surface area contributed by atoms with Crippen LogP contribution in [0.3, 0.4) is 0 Å². The average molecular weight is 264 g/mol. The van der Waals surface area contributed by atoms with Crippen LogP contribution in [0.15, 0.2) is 66.7 Å². The molecule has 102 valence electrons. The van der Waals surface area contributed by atoms with Gasteiger partial charge in [0.15, 0.2) is 0 Å². The minimum absolute atomic E-state index is 0.590. The van der Waals surface area contributed by atoms with Crippen molar-refractivity contribution in [2.75, 3.05) is 0 Å². The van der Waals surface area contributed by atoms with Crippen LogP contribution >= 0.6 is 0 Å². The zero-order valence-corrected chi connectivity index (χ0v) is 11.7. The summed E-state index contributed by atoms with van der Waals surface area (Å²) >= 11 is 0. The Hall–Kier alpha value is -2.02. The molecule has 0 unspecified atom stereocenters. The van der Waals surface area contributed by atoms with Gasteiger partial charge in [0.2, 0.25) is 0 Å². The molecule has 0 fully saturated rings. The highest BCUT2D eigenvalue weighted by Gasteiger charge is 2.10. The molecule has 2 aromatic carbocycles. The molecule has 1 heteroatoms. The lowest BCUT2D eigenvalue weighted by molar-refractivity contribution is 0.306. The highest BCUT2D eigenvalue weighted by Crippen LogP contribution is 2.28. The van der Waals surface area contributed by atoms with E-state index in [0.29, 0.717) is 12.5 Å². The van der Waals surface area contributed by atoms with E-state index in [1.165, 1.54) is 30.4 Å². The molecular weight excluding hydrogens is 244 g/mol. The Bertz CT molecular complexity index is 554. The fourth-order valence-corrected chi connectivity index (χ4v) is 2.64. The maximum absolute atomic E-state index is 5.82. The largest absolute Gasteiger partial charge is 0.489 e. The quantitative estimate of drug-likeness (QED) is 0.699. The summed E-state index contributed by atoms with van der Waals surface area (Å²) in [6.07, 6.45) is 8.43. The summed E-state index contributed by atoms with van der Waals surface area (Å²) in [5, 5.41) is 0. The summed E-state index contributed by atoms with van der Waals surface area (Å²) < 4.78 is 5.82. The Labute approximate surface area is 120 Å². The Morgan fingerprint density at radius 3 is 2.45 bits per heavy atom. The Balaban J connectivity index is 1.61. The van der Waals surface area contributed by atoms with E-state index in [1.807, 2.05) is 18.2 Å². The number of ether oxygens (including phenoxy) is 1. The molecule has 20 heavy (non-hydrogen) atoms. The molecule has 0 heterocycles. The highest BCUT2D eigenvalue weighted by atomic mass is 16.5. The number of rotatable bonds is 4. The van der Waals surface area contributed by atoms with Crippen LogP contribution < -0.4 is 4.74 Å². The van der Waals surface area contributed by atoms with Crippen molar-refractivity contribution < 1.29 is 4.74 Å². The van der Waals surface area contributed by atoms with Crippen molar-refractivity contribution in [1.82, 2.24) is 0 Å². The first-order chi connectivity index (χ1) is 9.92. The van der Waals surface area contributed by atoms with Crippen LogP contribution in [0.5, 0.6) is 5.75 Å². The first-order valence-corrected chi connectivity index (χ1v) is 7.35. The third kappa shape index (κ3) is 3.30. The molecule has 0 spiro atoms. The summed E-state index contributed by atoms with van der Waals surface area (Å²) in [7, 11) is 0. The average Bonchev–Trinajstić information content (AvgIpc) is 2.55. The van der Waals surface area contributed by atoms with Gasteiger partial charge in [-0.3, -0.25) is 0 Å². The molecule has 0 aliphatic heterocycles. The molecule has 0 radical (unpaired) electrons. The SMILES string of the molecule is C1=C[C@@H](c2ccc(OCc3ccccc3)cc2)CCC1. The number of allylic oxidation sites excluding steroid dienone is 2. The zero-order chi connectivity index (χ0) is 13.6. The minimum Gasteiger partial charge on any atom is -0.489 e. The number of hydrogen-bond donors (Lipinski definition) is 0. The van der Waals surface area contributed by atoms with Crippen LogP contribution in [0.2, 0.25) is 0 Å². The molecule has 0 saturated carbocycles. The van der Waals surface area contributed by atoms with Crippen molar-refractivity contribution in [3.63, 3.8) is 0 Å². The summed E-state index contributed by atoms with van der Waals surface area (Å²) in [5.41, 5.74) is 2.60. The first kappa shape index (κ1) is 13.0. The molecule has 1 aliphatic rings. The van der Waals surface area contributed by atoms with Crippen molar-refractivity contribution in [2.45, 2.75) is 31.8 Å². The molecule has 2 aromatic rings. The van der Waals surface area contributed by atoms with E-state index in [-0.39, 0.29) is 0 Å². The van der Waals surface area contributed by atoms with Crippen LogP contribution in [0.25, 0.3) is 0 Å². The Morgan fingerprint density at radius 1 is 0.950 bits per heavy atom. The van der Waals surface area contributed by atoms with Gasteiger partial charge in [-0.25, -0.2) is 0 Å². The van der Waals surface area contributed by atoms with Crippen molar-refractivity contribution in [2.24, 2.45) is 0 Å². The summed E-state index contributed by atoms with van der Waals surface area (Å²) in [4.78, 5) is 0. The normalized spacial score (nSPS) is 17.9. The van der Waals surface area contributed by atoms with Crippen LogP contribution in [-0.2, 0) is 6.61 Å². The smallest absolute Gasteiger partial charge is 0.119 e. The fourth-order valence-electron chi connectivity index (χ4n) is 2.64. The second-order valence-corrected chi connectivity index (χ2v) is 5.31. The predicted molar refractivity (Wildman–Crippen MR) is 82.9 cm³/mol. The van der Waals surface area contributed by atoms with Gasteiger partial charge < -0.3 is 4.74 Å². The molecule has 0 N–H and O–H groups in total. The van der Waals surface area contributed by atoms with Crippen molar-refractivity contribution in [3.8, 4) is 5.75 Å². The van der Waals surface area contributed by atoms with Gasteiger partial charge in [-0.1, -0.05) is 54.6 Å². The van der Waals surface area contributed by atoms with E-state index < -0.39 is 0 Å². The van der Waals surface area contributed by atoms with Gasteiger partial charge in [-0.2, -0.15) is 0 Å². The van der Waals surface area contributed by atoms with Gasteiger partial charge in [-0.05, 0) is 42.5 Å². The molecule has 0 saturated heterocycles. The molecule has 3 rings (SSSR count). The molecule has 0 amide bonds. The lowest BCUT2D eigenvalue weighted by Crippen LogP contribution is -1.99. The van der Waals surface area contributed by atoms with Gasteiger partial charge in [0, 0.05) is 5.92 Å². The third-order valence-corrected chi connectivity index (χ3v) is 3.81. The summed E-state index contributed by atoms with van der Waals surface area (Å²) in [6.45, 7) is 0.628. The molecule has 0 aromatic heterocycles. The fraction of sp³-hybridized carbons (Fsp3) is 0.263. The number of hydrogen-bond acceptors (Lipinski definition) is 1. The van der Waals surface area contributed by atoms with Crippen LogP contribution in [0.4, 0.5) is 0 Å². The van der Waals surface area contributed by atoms with Gasteiger partial charge in [0.25, 0.3) is 0 Å². The minimum atomic E-state index is 0.590. The van der Waals surface area contributed by atoms with E-state index in [2.05, 4.69) is 48.6 Å². The maximum Gasteiger partial charge on any atom is 0.119 e. The maximum atomic E-state index is 5.82. The van der Waals surface area contributed by atoms with Crippen molar-refractivity contribution >= 4 is 0 Å². The van der Waals surface area contributed by atoms with Crippen LogP contribution in [0.1, 0.15) is 36.3 Å². The number of benzene rings is 2.